The number of nitrogens with two attached hydrogens (primary N) is 2. The molecule has 5 N–H and O–H groups in total. The number of benzene rings is 6. The molecular formula is C54H57N3. The molecule has 0 saturated carbocycles. The lowest BCUT2D eigenvalue weighted by atomic mass is 9.96. The highest BCUT2D eigenvalue weighted by Gasteiger charge is 2.04. The van der Waals surface area contributed by atoms with Crippen LogP contribution in [0.3, 0.4) is 0 Å². The fourth-order valence-corrected chi connectivity index (χ4v) is 5.47. The van der Waals surface area contributed by atoms with Crippen LogP contribution in [-0.2, 0) is 0 Å². The number of nitrogens with one attached hydrogen (secondary N) is 1. The zero-order valence-corrected chi connectivity index (χ0v) is 33.9. The van der Waals surface area contributed by atoms with Gasteiger partial charge in [0.05, 0.1) is 0 Å². The molecule has 0 aromatic heterocycles. The van der Waals surface area contributed by atoms with Gasteiger partial charge in [0.1, 0.15) is 5.84 Å². The summed E-state index contributed by atoms with van der Waals surface area (Å²) in [6.45, 7) is 16.2. The standard InChI is InChI=1S/C26H24.C13H12N2.C8H13N.C7H8/c1-4-5-6-11-21(3)22-12-8-14-24(18-22)26-16-9-15-25(19-26)23-13-7-10-20(2)17-23;14-13(15)12-8-6-11(7-9-12)10-4-2-1-3-5-10;1-3-5-6-8(4-2)7-9;1-7-5-3-2-4-6-7/h4-19H,1H2,2-3H3;1-9H,(H3,14,15);3-6H,2,7,9H2,1H3;2-6H,1H3/b6-5-,21-11+;;5-3-,8-6+;. The average molecular weight is 748 g/mol. The fourth-order valence-electron chi connectivity index (χ4n) is 5.47. The van der Waals surface area contributed by atoms with Crippen LogP contribution < -0.4 is 11.5 Å². The molecule has 0 aliphatic heterocycles. The Balaban J connectivity index is 0.000000235. The molecule has 0 aliphatic carbocycles. The van der Waals surface area contributed by atoms with Crippen molar-refractivity contribution < 1.29 is 0 Å². The van der Waals surface area contributed by atoms with E-state index in [1.165, 1.54) is 50.1 Å². The van der Waals surface area contributed by atoms with Crippen molar-refractivity contribution in [1.29, 1.82) is 5.41 Å². The molecule has 6 aromatic rings. The summed E-state index contributed by atoms with van der Waals surface area (Å²) in [7, 11) is 0. The van der Waals surface area contributed by atoms with E-state index in [1.54, 1.807) is 12.2 Å². The summed E-state index contributed by atoms with van der Waals surface area (Å²) in [5.41, 5.74) is 24.9. The fraction of sp³-hybridized carbons (Fsp3) is 0.0926. The maximum absolute atomic E-state index is 7.29. The second-order valence-electron chi connectivity index (χ2n) is 13.2. The lowest BCUT2D eigenvalue weighted by molar-refractivity contribution is 1.19. The van der Waals surface area contributed by atoms with Crippen molar-refractivity contribution in [2.75, 3.05) is 6.54 Å². The molecule has 6 rings (SSSR count). The van der Waals surface area contributed by atoms with Gasteiger partial charge in [-0.05, 0) is 89.9 Å². The largest absolute Gasteiger partial charge is 0.384 e. The van der Waals surface area contributed by atoms with Gasteiger partial charge in [0.25, 0.3) is 0 Å². The molecule has 0 unspecified atom stereocenters. The van der Waals surface area contributed by atoms with Crippen LogP contribution in [0.4, 0.5) is 0 Å². The van der Waals surface area contributed by atoms with Crippen LogP contribution in [0, 0.1) is 19.3 Å². The van der Waals surface area contributed by atoms with E-state index in [4.69, 9.17) is 16.9 Å². The predicted molar refractivity (Wildman–Crippen MR) is 251 cm³/mol. The Bertz CT molecular complexity index is 2250. The minimum atomic E-state index is 0.106. The van der Waals surface area contributed by atoms with Crippen molar-refractivity contribution in [2.45, 2.75) is 27.7 Å². The molecule has 0 amide bonds. The monoisotopic (exact) mass is 747 g/mol. The maximum atomic E-state index is 7.29. The van der Waals surface area contributed by atoms with Crippen molar-refractivity contribution in [1.82, 2.24) is 0 Å². The first kappa shape index (κ1) is 44.6. The molecule has 0 atom stereocenters. The van der Waals surface area contributed by atoms with Crippen molar-refractivity contribution in [2.24, 2.45) is 11.5 Å². The van der Waals surface area contributed by atoms with E-state index in [9.17, 15) is 0 Å². The van der Waals surface area contributed by atoms with Crippen LogP contribution in [0.5, 0.6) is 0 Å². The molecule has 3 heteroatoms. The van der Waals surface area contributed by atoms with Gasteiger partial charge in [-0.3, -0.25) is 5.41 Å². The lowest BCUT2D eigenvalue weighted by Crippen LogP contribution is -2.10. The summed E-state index contributed by atoms with van der Waals surface area (Å²) in [5, 5.41) is 7.29. The zero-order valence-electron chi connectivity index (χ0n) is 33.9. The van der Waals surface area contributed by atoms with Gasteiger partial charge in [0.2, 0.25) is 0 Å². The van der Waals surface area contributed by atoms with E-state index in [2.05, 4.69) is 137 Å². The van der Waals surface area contributed by atoms with E-state index in [0.717, 1.165) is 16.7 Å². The van der Waals surface area contributed by atoms with Gasteiger partial charge in [0.15, 0.2) is 0 Å². The van der Waals surface area contributed by atoms with Gasteiger partial charge in [-0.2, -0.15) is 0 Å². The number of amidine groups is 1. The lowest BCUT2D eigenvalue weighted by Gasteiger charge is -2.09. The highest BCUT2D eigenvalue weighted by atomic mass is 14.7. The summed E-state index contributed by atoms with van der Waals surface area (Å²) in [4.78, 5) is 0. The van der Waals surface area contributed by atoms with E-state index < -0.39 is 0 Å². The number of hydrogen-bond donors (Lipinski definition) is 3. The predicted octanol–water partition coefficient (Wildman–Crippen LogP) is 13.7. The van der Waals surface area contributed by atoms with Gasteiger partial charge in [-0.1, -0.05) is 218 Å². The Hall–Kier alpha value is -6.81. The number of hydrogen-bond acceptors (Lipinski definition) is 2. The molecule has 0 fully saturated rings. The number of aryl methyl sites for hydroxylation is 2. The SMILES string of the molecule is C=C/C(=C\C=C/C)CN.C=C/C=C\C=C(/C)c1cccc(-c2cccc(-c3cccc(C)c3)c2)c1.Cc1ccccc1.N=C(N)c1ccc(-c2ccccc2)cc1. The molecule has 3 nitrogen and oxygen atoms in total. The molecule has 0 bridgehead atoms. The van der Waals surface area contributed by atoms with E-state index >= 15 is 0 Å². The van der Waals surface area contributed by atoms with Crippen molar-refractivity contribution in [3.63, 3.8) is 0 Å². The Morgan fingerprint density at radius 1 is 0.544 bits per heavy atom. The third-order valence-electron chi connectivity index (χ3n) is 8.70. The van der Waals surface area contributed by atoms with Gasteiger partial charge in [-0.25, -0.2) is 0 Å². The molecule has 57 heavy (non-hydrogen) atoms. The number of allylic oxidation sites excluding steroid dienone is 8. The minimum absolute atomic E-state index is 0.106. The molecule has 0 saturated heterocycles. The molecule has 6 aromatic carbocycles. The Labute approximate surface area is 342 Å². The highest BCUT2D eigenvalue weighted by Crippen LogP contribution is 2.29. The van der Waals surface area contributed by atoms with Gasteiger partial charge in [-0.15, -0.1) is 0 Å². The third kappa shape index (κ3) is 16.2. The third-order valence-corrected chi connectivity index (χ3v) is 8.70. The van der Waals surface area contributed by atoms with Crippen LogP contribution in [0.15, 0.2) is 225 Å². The zero-order chi connectivity index (χ0) is 41.3. The summed E-state index contributed by atoms with van der Waals surface area (Å²) in [5.74, 6) is 0.106. The Morgan fingerprint density at radius 2 is 1.05 bits per heavy atom. The van der Waals surface area contributed by atoms with Crippen molar-refractivity contribution in [3.05, 3.63) is 247 Å². The molecule has 288 valence electrons. The molecular weight excluding hydrogens is 691 g/mol. The van der Waals surface area contributed by atoms with Crippen molar-refractivity contribution >= 4 is 11.4 Å². The quantitative estimate of drug-likeness (QED) is 0.0741. The summed E-state index contributed by atoms with van der Waals surface area (Å²) < 4.78 is 0. The van der Waals surface area contributed by atoms with Crippen molar-refractivity contribution in [3.8, 4) is 33.4 Å². The second-order valence-corrected chi connectivity index (χ2v) is 13.2. The van der Waals surface area contributed by atoms with E-state index in [0.29, 0.717) is 6.54 Å². The topological polar surface area (TPSA) is 75.9 Å². The van der Waals surface area contributed by atoms with Gasteiger partial charge < -0.3 is 11.5 Å². The first-order valence-electron chi connectivity index (χ1n) is 19.1. The molecule has 0 aliphatic rings. The number of nitrogen functional groups attached to an aromatic ring is 1. The van der Waals surface area contributed by atoms with Crippen LogP contribution in [0.25, 0.3) is 39.0 Å². The van der Waals surface area contributed by atoms with Gasteiger partial charge in [0, 0.05) is 12.1 Å². The first-order valence-corrected chi connectivity index (χ1v) is 19.1. The van der Waals surface area contributed by atoms with Crippen LogP contribution in [-0.4, -0.2) is 12.4 Å². The minimum Gasteiger partial charge on any atom is -0.384 e. The molecule has 0 spiro atoms. The molecule has 0 heterocycles. The highest BCUT2D eigenvalue weighted by molar-refractivity contribution is 5.95. The van der Waals surface area contributed by atoms with Gasteiger partial charge >= 0.3 is 0 Å². The Kier molecular flexibility index (Phi) is 19.8. The summed E-state index contributed by atoms with van der Waals surface area (Å²) in [6, 6.07) is 54.2. The van der Waals surface area contributed by atoms with E-state index in [-0.39, 0.29) is 5.84 Å². The smallest absolute Gasteiger partial charge is 0.122 e. The molecule has 0 radical (unpaired) electrons. The normalized spacial score (nSPS) is 11.0. The Morgan fingerprint density at radius 3 is 1.56 bits per heavy atom. The van der Waals surface area contributed by atoms with Crippen LogP contribution in [0.1, 0.15) is 36.1 Å². The first-order chi connectivity index (χ1) is 27.7. The maximum Gasteiger partial charge on any atom is 0.122 e. The van der Waals surface area contributed by atoms with Crippen LogP contribution in [0.2, 0.25) is 0 Å². The summed E-state index contributed by atoms with van der Waals surface area (Å²) >= 11 is 0. The second kappa shape index (κ2) is 25.3. The summed E-state index contributed by atoms with van der Waals surface area (Å²) in [6.07, 6.45) is 15.5. The van der Waals surface area contributed by atoms with E-state index in [1.807, 2.05) is 98.0 Å². The number of rotatable bonds is 10. The van der Waals surface area contributed by atoms with Crippen LogP contribution >= 0.6 is 0 Å². The average Bonchev–Trinajstić information content (AvgIpc) is 3.25.